The molecular weight excluding hydrogens is 517 g/mol. The molecule has 4 heterocycles. The van der Waals surface area contributed by atoms with E-state index in [-0.39, 0.29) is 18.1 Å². The van der Waals surface area contributed by atoms with Gasteiger partial charge in [0.2, 0.25) is 5.91 Å². The summed E-state index contributed by atoms with van der Waals surface area (Å²) in [4.78, 5) is 29.7. The average Bonchev–Trinajstić information content (AvgIpc) is 3.62. The van der Waals surface area contributed by atoms with Crippen LogP contribution in [0.4, 0.5) is 10.1 Å². The van der Waals surface area contributed by atoms with Crippen molar-refractivity contribution >= 4 is 33.5 Å². The van der Waals surface area contributed by atoms with E-state index in [1.807, 2.05) is 60.7 Å². The molecule has 0 bridgehead atoms. The predicted octanol–water partition coefficient (Wildman–Crippen LogP) is 6.55. The third kappa shape index (κ3) is 4.80. The number of hydrogen-bond donors (Lipinski definition) is 3. The zero-order chi connectivity index (χ0) is 27.8. The first kappa shape index (κ1) is 24.3. The predicted molar refractivity (Wildman–Crippen MR) is 156 cm³/mol. The van der Waals surface area contributed by atoms with E-state index in [1.54, 1.807) is 30.7 Å². The maximum Gasteiger partial charge on any atom is 0.228 e. The van der Waals surface area contributed by atoms with Crippen molar-refractivity contribution < 1.29 is 9.18 Å². The highest BCUT2D eigenvalue weighted by molar-refractivity contribution is 5.98. The summed E-state index contributed by atoms with van der Waals surface area (Å²) in [7, 11) is 0. The van der Waals surface area contributed by atoms with E-state index in [0.29, 0.717) is 22.9 Å². The molecule has 4 aromatic heterocycles. The molecule has 8 nitrogen and oxygen atoms in total. The van der Waals surface area contributed by atoms with Crippen LogP contribution in [0.15, 0.2) is 104 Å². The number of halogens is 1. The molecule has 0 aliphatic rings. The van der Waals surface area contributed by atoms with Crippen LogP contribution in [0.5, 0.6) is 0 Å². The molecule has 0 aliphatic carbocycles. The molecule has 0 atom stereocenters. The number of pyridine rings is 2. The van der Waals surface area contributed by atoms with Gasteiger partial charge in [0.05, 0.1) is 46.7 Å². The number of H-pyrrole nitrogens is 2. The lowest BCUT2D eigenvalue weighted by molar-refractivity contribution is -0.115. The molecule has 0 unspecified atom stereocenters. The first-order valence-electron chi connectivity index (χ1n) is 13.0. The van der Waals surface area contributed by atoms with E-state index in [9.17, 15) is 9.18 Å². The van der Waals surface area contributed by atoms with Gasteiger partial charge in [-0.3, -0.25) is 19.9 Å². The Bertz CT molecular complexity index is 2030. The smallest absolute Gasteiger partial charge is 0.228 e. The molecule has 0 spiro atoms. The molecular formula is C32H22FN7O. The first-order valence-corrected chi connectivity index (χ1v) is 13.0. The van der Waals surface area contributed by atoms with Crippen LogP contribution in [0.2, 0.25) is 0 Å². The Balaban J connectivity index is 1.21. The number of hydrogen-bond acceptors (Lipinski definition) is 5. The summed E-state index contributed by atoms with van der Waals surface area (Å²) in [6.07, 6.45) is 5.31. The van der Waals surface area contributed by atoms with Gasteiger partial charge < -0.3 is 10.3 Å². The van der Waals surface area contributed by atoms with Crippen LogP contribution in [0.3, 0.4) is 0 Å². The number of carbonyl (C=O) groups excluding carboxylic acids is 1. The number of para-hydroxylation sites is 1. The molecule has 0 aliphatic heterocycles. The topological polar surface area (TPSA) is 112 Å². The number of fused-ring (bicyclic) bond motifs is 2. The first-order chi connectivity index (χ1) is 20.1. The van der Waals surface area contributed by atoms with Crippen molar-refractivity contribution in [2.45, 2.75) is 6.42 Å². The summed E-state index contributed by atoms with van der Waals surface area (Å²) >= 11 is 0. The van der Waals surface area contributed by atoms with Crippen molar-refractivity contribution in [2.75, 3.05) is 5.32 Å². The molecule has 9 heteroatoms. The second-order valence-corrected chi connectivity index (χ2v) is 9.65. The average molecular weight is 540 g/mol. The monoisotopic (exact) mass is 539 g/mol. The van der Waals surface area contributed by atoms with Gasteiger partial charge in [-0.15, -0.1) is 0 Å². The molecule has 7 rings (SSSR count). The minimum atomic E-state index is -0.286. The number of aromatic amines is 2. The van der Waals surface area contributed by atoms with Crippen molar-refractivity contribution in [1.29, 1.82) is 0 Å². The lowest BCUT2D eigenvalue weighted by Crippen LogP contribution is -2.14. The number of carbonyl (C=O) groups is 1. The van der Waals surface area contributed by atoms with E-state index in [4.69, 9.17) is 4.98 Å². The molecule has 3 N–H and O–H groups in total. The molecule has 1 amide bonds. The summed E-state index contributed by atoms with van der Waals surface area (Å²) in [5.74, 6) is 0.185. The van der Waals surface area contributed by atoms with Gasteiger partial charge in [-0.1, -0.05) is 54.6 Å². The zero-order valence-corrected chi connectivity index (χ0v) is 21.6. The largest absolute Gasteiger partial charge is 0.337 e. The third-order valence-electron chi connectivity index (χ3n) is 6.86. The maximum atomic E-state index is 13.5. The summed E-state index contributed by atoms with van der Waals surface area (Å²) in [5, 5.41) is 11.3. The summed E-state index contributed by atoms with van der Waals surface area (Å²) in [5.41, 5.74) is 7.72. The van der Waals surface area contributed by atoms with E-state index in [0.717, 1.165) is 44.2 Å². The van der Waals surface area contributed by atoms with Gasteiger partial charge in [0.1, 0.15) is 11.5 Å². The van der Waals surface area contributed by atoms with E-state index >= 15 is 0 Å². The highest BCUT2D eigenvalue weighted by Crippen LogP contribution is 2.32. The van der Waals surface area contributed by atoms with Crippen LogP contribution in [0, 0.1) is 5.82 Å². The van der Waals surface area contributed by atoms with E-state index < -0.39 is 0 Å². The maximum absolute atomic E-state index is 13.5. The van der Waals surface area contributed by atoms with Gasteiger partial charge in [-0.2, -0.15) is 5.10 Å². The van der Waals surface area contributed by atoms with Gasteiger partial charge in [-0.05, 0) is 41.5 Å². The summed E-state index contributed by atoms with van der Waals surface area (Å²) in [6, 6.07) is 25.6. The highest BCUT2D eigenvalue weighted by atomic mass is 19.1. The Morgan fingerprint density at radius 2 is 1.71 bits per heavy atom. The highest BCUT2D eigenvalue weighted by Gasteiger charge is 2.17. The Kier molecular flexibility index (Phi) is 6.01. The summed E-state index contributed by atoms with van der Waals surface area (Å²) in [6.45, 7) is 0. The molecule has 0 fully saturated rings. The van der Waals surface area contributed by atoms with Gasteiger partial charge in [0.25, 0.3) is 0 Å². The van der Waals surface area contributed by atoms with Crippen LogP contribution < -0.4 is 5.32 Å². The number of nitrogens with zero attached hydrogens (tertiary/aromatic N) is 4. The number of benzene rings is 3. The number of imidazole rings is 1. The van der Waals surface area contributed by atoms with E-state index in [2.05, 4.69) is 30.5 Å². The second-order valence-electron chi connectivity index (χ2n) is 9.65. The molecule has 0 radical (unpaired) electrons. The Hall–Kier alpha value is -5.70. The fourth-order valence-corrected chi connectivity index (χ4v) is 4.90. The molecule has 0 saturated carbocycles. The van der Waals surface area contributed by atoms with Crippen molar-refractivity contribution in [3.8, 4) is 33.9 Å². The van der Waals surface area contributed by atoms with Crippen molar-refractivity contribution in [3.63, 3.8) is 0 Å². The minimum Gasteiger partial charge on any atom is -0.337 e. The number of nitrogens with one attached hydrogen (secondary N) is 3. The Morgan fingerprint density at radius 1 is 0.854 bits per heavy atom. The van der Waals surface area contributed by atoms with Gasteiger partial charge in [-0.25, -0.2) is 9.37 Å². The lowest BCUT2D eigenvalue weighted by Gasteiger charge is -2.07. The lowest BCUT2D eigenvalue weighted by atomic mass is 10.0. The third-order valence-corrected chi connectivity index (χ3v) is 6.86. The molecule has 3 aromatic carbocycles. The Labute approximate surface area is 233 Å². The number of rotatable bonds is 6. The molecule has 7 aromatic rings. The van der Waals surface area contributed by atoms with Gasteiger partial charge in [0, 0.05) is 22.7 Å². The van der Waals surface area contributed by atoms with Gasteiger partial charge >= 0.3 is 0 Å². The fraction of sp³-hybridized carbons (Fsp3) is 0.0312. The second kappa shape index (κ2) is 10.1. The molecule has 41 heavy (non-hydrogen) atoms. The normalized spacial score (nSPS) is 11.2. The van der Waals surface area contributed by atoms with Crippen LogP contribution in [0.1, 0.15) is 5.56 Å². The molecule has 0 saturated heterocycles. The number of amides is 1. The number of aromatic nitrogens is 6. The Morgan fingerprint density at radius 3 is 2.56 bits per heavy atom. The molecule has 198 valence electrons. The van der Waals surface area contributed by atoms with Crippen molar-refractivity contribution in [3.05, 3.63) is 115 Å². The fourth-order valence-electron chi connectivity index (χ4n) is 4.90. The zero-order valence-electron chi connectivity index (χ0n) is 21.6. The van der Waals surface area contributed by atoms with Crippen LogP contribution in [0.25, 0.3) is 55.8 Å². The van der Waals surface area contributed by atoms with Crippen molar-refractivity contribution in [1.82, 2.24) is 30.1 Å². The number of anilines is 1. The van der Waals surface area contributed by atoms with Crippen LogP contribution in [-0.2, 0) is 11.2 Å². The van der Waals surface area contributed by atoms with E-state index in [1.165, 1.54) is 12.1 Å². The van der Waals surface area contributed by atoms with Crippen LogP contribution >= 0.6 is 0 Å². The summed E-state index contributed by atoms with van der Waals surface area (Å²) < 4.78 is 13.5. The van der Waals surface area contributed by atoms with Crippen molar-refractivity contribution in [2.24, 2.45) is 0 Å². The SMILES string of the molecule is O=C(Cc1ccccc1)Nc1cncc(-c2cc3c(-c4nc5c(-c6ccc(F)cc6)cccc5[nH]4)n[nH]c3cn2)c1. The van der Waals surface area contributed by atoms with Gasteiger partial charge in [0.15, 0.2) is 5.82 Å². The standard InChI is InChI=1S/C32H22FN7O/c33-22-11-9-20(10-12-22)24-7-4-8-26-30(24)38-32(37-26)31-25-15-27(35-18-28(25)39-40-31)21-14-23(17-34-16-21)36-29(41)13-19-5-2-1-3-6-19/h1-12,14-18H,13H2,(H,36,41)(H,37,38)(H,39,40). The quantitative estimate of drug-likeness (QED) is 0.222. The van der Waals surface area contributed by atoms with Crippen LogP contribution in [-0.4, -0.2) is 36.0 Å². The minimum absolute atomic E-state index is 0.124.